The summed E-state index contributed by atoms with van der Waals surface area (Å²) in [5, 5.41) is 3.18. The molecule has 3 heteroatoms. The van der Waals surface area contributed by atoms with Crippen LogP contribution in [0.4, 0.5) is 0 Å². The van der Waals surface area contributed by atoms with Crippen molar-refractivity contribution in [2.45, 2.75) is 25.4 Å². The lowest BCUT2D eigenvalue weighted by Gasteiger charge is -2.31. The van der Waals surface area contributed by atoms with Crippen LogP contribution in [0, 0.1) is 0 Å². The first-order valence-electron chi connectivity index (χ1n) is 3.59. The molecule has 0 aromatic carbocycles. The Morgan fingerprint density at radius 1 is 1.70 bits per heavy atom. The van der Waals surface area contributed by atoms with Gasteiger partial charge >= 0.3 is 0 Å². The van der Waals surface area contributed by atoms with Crippen LogP contribution >= 0.6 is 0 Å². The molecule has 1 atom stereocenters. The fraction of sp³-hybridized carbons (Fsp3) is 0.857. The van der Waals surface area contributed by atoms with Crippen LogP contribution in [-0.2, 0) is 9.53 Å². The molecule has 0 spiro atoms. The van der Waals surface area contributed by atoms with E-state index >= 15 is 0 Å². The monoisotopic (exact) mass is 143 g/mol. The Morgan fingerprint density at radius 3 is 3.00 bits per heavy atom. The molecule has 0 aromatic heterocycles. The molecule has 0 saturated carbocycles. The van der Waals surface area contributed by atoms with Crippen LogP contribution in [-0.4, -0.2) is 25.2 Å². The second-order valence-electron chi connectivity index (χ2n) is 2.94. The van der Waals surface area contributed by atoms with Gasteiger partial charge < -0.3 is 10.1 Å². The van der Waals surface area contributed by atoms with Crippen molar-refractivity contribution in [2.75, 3.05) is 13.1 Å². The van der Waals surface area contributed by atoms with Crippen LogP contribution in [0.5, 0.6) is 0 Å². The van der Waals surface area contributed by atoms with Crippen molar-refractivity contribution >= 4 is 6.47 Å². The van der Waals surface area contributed by atoms with Crippen LogP contribution in [0.2, 0.25) is 0 Å². The topological polar surface area (TPSA) is 38.3 Å². The van der Waals surface area contributed by atoms with Gasteiger partial charge in [-0.2, -0.15) is 0 Å². The van der Waals surface area contributed by atoms with E-state index in [2.05, 4.69) is 5.32 Å². The zero-order valence-corrected chi connectivity index (χ0v) is 6.22. The Bertz CT molecular complexity index is 119. The average molecular weight is 143 g/mol. The summed E-state index contributed by atoms with van der Waals surface area (Å²) in [5.74, 6) is 0. The molecule has 1 heterocycles. The number of ether oxygens (including phenoxy) is 1. The minimum atomic E-state index is -0.250. The first kappa shape index (κ1) is 7.54. The standard InChI is InChI=1S/C7H13NO2/c1-7(10-6-9)3-2-4-8-5-7/h6,8H,2-5H2,1H3. The summed E-state index contributed by atoms with van der Waals surface area (Å²) in [6.07, 6.45) is 2.06. The second kappa shape index (κ2) is 3.01. The summed E-state index contributed by atoms with van der Waals surface area (Å²) in [4.78, 5) is 10.0. The summed E-state index contributed by atoms with van der Waals surface area (Å²) in [6, 6.07) is 0. The van der Waals surface area contributed by atoms with Gasteiger partial charge in [0.15, 0.2) is 0 Å². The molecule has 0 aliphatic carbocycles. The third-order valence-corrected chi connectivity index (χ3v) is 1.89. The van der Waals surface area contributed by atoms with Gasteiger partial charge in [-0.05, 0) is 26.3 Å². The molecular formula is C7H13NO2. The van der Waals surface area contributed by atoms with Crippen molar-refractivity contribution in [3.05, 3.63) is 0 Å². The maximum absolute atomic E-state index is 10.0. The lowest BCUT2D eigenvalue weighted by molar-refractivity contribution is -0.143. The van der Waals surface area contributed by atoms with E-state index in [4.69, 9.17) is 4.74 Å². The molecule has 1 aliphatic heterocycles. The predicted octanol–water partition coefficient (Wildman–Crippen LogP) is 0.301. The van der Waals surface area contributed by atoms with E-state index in [1.165, 1.54) is 0 Å². The lowest BCUT2D eigenvalue weighted by atomic mass is 9.97. The Labute approximate surface area is 60.7 Å². The number of carbonyl (C=O) groups excluding carboxylic acids is 1. The van der Waals surface area contributed by atoms with Gasteiger partial charge in [0.2, 0.25) is 0 Å². The molecule has 0 radical (unpaired) electrons. The molecule has 0 bridgehead atoms. The van der Waals surface area contributed by atoms with Gasteiger partial charge in [-0.25, -0.2) is 0 Å². The van der Waals surface area contributed by atoms with E-state index in [-0.39, 0.29) is 5.60 Å². The number of hydrogen-bond donors (Lipinski definition) is 1. The second-order valence-corrected chi connectivity index (χ2v) is 2.94. The van der Waals surface area contributed by atoms with E-state index in [9.17, 15) is 4.79 Å². The van der Waals surface area contributed by atoms with E-state index in [1.807, 2.05) is 6.92 Å². The molecule has 0 aromatic rings. The van der Waals surface area contributed by atoms with Gasteiger partial charge in [-0.1, -0.05) is 0 Å². The molecular weight excluding hydrogens is 130 g/mol. The first-order valence-corrected chi connectivity index (χ1v) is 3.59. The fourth-order valence-electron chi connectivity index (χ4n) is 1.25. The largest absolute Gasteiger partial charge is 0.460 e. The summed E-state index contributed by atoms with van der Waals surface area (Å²) < 4.78 is 4.93. The summed E-state index contributed by atoms with van der Waals surface area (Å²) in [6.45, 7) is 4.31. The minimum absolute atomic E-state index is 0.250. The van der Waals surface area contributed by atoms with Crippen molar-refractivity contribution in [2.24, 2.45) is 0 Å². The highest BCUT2D eigenvalue weighted by Gasteiger charge is 2.27. The Hall–Kier alpha value is -0.570. The normalized spacial score (nSPS) is 33.3. The Kier molecular flexibility index (Phi) is 2.27. The first-order chi connectivity index (χ1) is 4.77. The lowest BCUT2D eigenvalue weighted by Crippen LogP contribution is -2.45. The Morgan fingerprint density at radius 2 is 2.50 bits per heavy atom. The summed E-state index contributed by atoms with van der Waals surface area (Å²) in [7, 11) is 0. The van der Waals surface area contributed by atoms with Gasteiger partial charge in [0, 0.05) is 6.54 Å². The molecule has 1 N–H and O–H groups in total. The van der Waals surface area contributed by atoms with Crippen molar-refractivity contribution < 1.29 is 9.53 Å². The van der Waals surface area contributed by atoms with E-state index in [1.54, 1.807) is 0 Å². The molecule has 1 unspecified atom stereocenters. The van der Waals surface area contributed by atoms with Crippen LogP contribution in [0.1, 0.15) is 19.8 Å². The van der Waals surface area contributed by atoms with Crippen molar-refractivity contribution in [1.82, 2.24) is 5.32 Å². The van der Waals surface area contributed by atoms with Crippen LogP contribution < -0.4 is 5.32 Å². The zero-order valence-electron chi connectivity index (χ0n) is 6.22. The highest BCUT2D eigenvalue weighted by molar-refractivity contribution is 5.38. The SMILES string of the molecule is CC1(OC=O)CCCNC1. The highest BCUT2D eigenvalue weighted by Crippen LogP contribution is 2.18. The van der Waals surface area contributed by atoms with E-state index < -0.39 is 0 Å². The Balaban J connectivity index is 2.39. The molecule has 1 saturated heterocycles. The predicted molar refractivity (Wildman–Crippen MR) is 37.7 cm³/mol. The van der Waals surface area contributed by atoms with Crippen molar-refractivity contribution in [1.29, 1.82) is 0 Å². The van der Waals surface area contributed by atoms with Crippen molar-refractivity contribution in [3.8, 4) is 0 Å². The van der Waals surface area contributed by atoms with Gasteiger partial charge in [-0.15, -0.1) is 0 Å². The maximum atomic E-state index is 10.0. The van der Waals surface area contributed by atoms with Crippen molar-refractivity contribution in [3.63, 3.8) is 0 Å². The van der Waals surface area contributed by atoms with Gasteiger partial charge in [-0.3, -0.25) is 4.79 Å². The number of rotatable bonds is 2. The third-order valence-electron chi connectivity index (χ3n) is 1.89. The van der Waals surface area contributed by atoms with Crippen LogP contribution in [0.15, 0.2) is 0 Å². The number of nitrogens with one attached hydrogen (secondary N) is 1. The number of piperidine rings is 1. The maximum Gasteiger partial charge on any atom is 0.293 e. The molecule has 1 fully saturated rings. The van der Waals surface area contributed by atoms with Crippen LogP contribution in [0.3, 0.4) is 0 Å². The summed E-state index contributed by atoms with van der Waals surface area (Å²) >= 11 is 0. The highest BCUT2D eigenvalue weighted by atomic mass is 16.5. The van der Waals surface area contributed by atoms with E-state index in [0.29, 0.717) is 6.47 Å². The van der Waals surface area contributed by atoms with Gasteiger partial charge in [0.25, 0.3) is 6.47 Å². The molecule has 58 valence electrons. The third kappa shape index (κ3) is 1.70. The molecule has 1 aliphatic rings. The minimum Gasteiger partial charge on any atom is -0.460 e. The summed E-state index contributed by atoms with van der Waals surface area (Å²) in [5.41, 5.74) is -0.250. The molecule has 1 rings (SSSR count). The zero-order chi connectivity index (χ0) is 7.45. The van der Waals surface area contributed by atoms with Gasteiger partial charge in [0.1, 0.15) is 5.60 Å². The average Bonchev–Trinajstić information content (AvgIpc) is 1.89. The molecule has 3 nitrogen and oxygen atoms in total. The van der Waals surface area contributed by atoms with Crippen LogP contribution in [0.25, 0.3) is 0 Å². The van der Waals surface area contributed by atoms with Gasteiger partial charge in [0.05, 0.1) is 0 Å². The van der Waals surface area contributed by atoms with E-state index in [0.717, 1.165) is 25.9 Å². The fourth-order valence-corrected chi connectivity index (χ4v) is 1.25. The quantitative estimate of drug-likeness (QED) is 0.565. The number of carbonyl (C=O) groups is 1. The number of hydrogen-bond acceptors (Lipinski definition) is 3. The molecule has 10 heavy (non-hydrogen) atoms. The smallest absolute Gasteiger partial charge is 0.293 e. The molecule has 0 amide bonds.